The van der Waals surface area contributed by atoms with E-state index in [1.807, 2.05) is 6.20 Å². The van der Waals surface area contributed by atoms with Gasteiger partial charge in [0.2, 0.25) is 0 Å². The average molecular weight is 153 g/mol. The highest BCUT2D eigenvalue weighted by Crippen LogP contribution is 2.26. The van der Waals surface area contributed by atoms with Crippen LogP contribution in [0.4, 0.5) is 5.82 Å². The summed E-state index contributed by atoms with van der Waals surface area (Å²) >= 11 is 1.80. The molecule has 0 atom stereocenters. The van der Waals surface area contributed by atoms with E-state index in [4.69, 9.17) is 0 Å². The van der Waals surface area contributed by atoms with Gasteiger partial charge >= 0.3 is 0 Å². The summed E-state index contributed by atoms with van der Waals surface area (Å²) in [6.07, 6.45) is 3.41. The van der Waals surface area contributed by atoms with Crippen molar-refractivity contribution >= 4 is 17.6 Å². The minimum Gasteiger partial charge on any atom is -0.368 e. The molecule has 0 aliphatic carbocycles. The van der Waals surface area contributed by atoms with Gasteiger partial charge in [0.15, 0.2) is 0 Å². The summed E-state index contributed by atoms with van der Waals surface area (Å²) in [6, 6.07) is 0. The predicted molar refractivity (Wildman–Crippen MR) is 41.2 cm³/mol. The van der Waals surface area contributed by atoms with Crippen LogP contribution in [0.15, 0.2) is 17.4 Å². The molecule has 1 aliphatic rings. The van der Waals surface area contributed by atoms with Crippen molar-refractivity contribution in [3.05, 3.63) is 12.5 Å². The third-order valence-corrected chi connectivity index (χ3v) is 2.35. The van der Waals surface area contributed by atoms with E-state index in [-0.39, 0.29) is 0 Å². The minimum absolute atomic E-state index is 0.978. The number of aromatic nitrogens is 2. The summed E-state index contributed by atoms with van der Waals surface area (Å²) in [4.78, 5) is 9.16. The van der Waals surface area contributed by atoms with Gasteiger partial charge in [-0.25, -0.2) is 9.97 Å². The molecule has 0 saturated heterocycles. The van der Waals surface area contributed by atoms with Gasteiger partial charge in [0.05, 0.1) is 4.90 Å². The first-order valence-electron chi connectivity index (χ1n) is 3.13. The van der Waals surface area contributed by atoms with Crippen molar-refractivity contribution in [2.24, 2.45) is 0 Å². The number of rotatable bonds is 0. The minimum atomic E-state index is 0.978. The largest absolute Gasteiger partial charge is 0.368 e. The normalized spacial score (nSPS) is 15.6. The van der Waals surface area contributed by atoms with E-state index in [0.717, 1.165) is 23.0 Å². The lowest BCUT2D eigenvalue weighted by Crippen LogP contribution is -2.11. The number of thioether (sulfide) groups is 1. The van der Waals surface area contributed by atoms with Gasteiger partial charge in [-0.2, -0.15) is 0 Å². The van der Waals surface area contributed by atoms with Crippen molar-refractivity contribution in [2.45, 2.75) is 4.90 Å². The molecule has 0 unspecified atom stereocenters. The highest BCUT2D eigenvalue weighted by Gasteiger charge is 2.07. The number of anilines is 1. The molecule has 0 spiro atoms. The molecule has 0 amide bonds. The van der Waals surface area contributed by atoms with Crippen LogP contribution in [0.25, 0.3) is 0 Å². The van der Waals surface area contributed by atoms with Crippen LogP contribution in [0.3, 0.4) is 0 Å². The molecule has 1 aliphatic heterocycles. The molecule has 0 aromatic carbocycles. The lowest BCUT2D eigenvalue weighted by Gasteiger charge is -2.14. The van der Waals surface area contributed by atoms with Crippen LogP contribution in [-0.2, 0) is 0 Å². The molecule has 1 N–H and O–H groups in total. The number of nitrogens with one attached hydrogen (secondary N) is 1. The van der Waals surface area contributed by atoms with E-state index < -0.39 is 0 Å². The first-order valence-corrected chi connectivity index (χ1v) is 4.12. The van der Waals surface area contributed by atoms with Crippen molar-refractivity contribution in [1.82, 2.24) is 9.97 Å². The van der Waals surface area contributed by atoms with Gasteiger partial charge in [-0.05, 0) is 0 Å². The monoisotopic (exact) mass is 153 g/mol. The fourth-order valence-electron chi connectivity index (χ4n) is 0.886. The Kier molecular flexibility index (Phi) is 1.47. The maximum Gasteiger partial charge on any atom is 0.143 e. The van der Waals surface area contributed by atoms with Gasteiger partial charge in [0, 0.05) is 18.5 Å². The van der Waals surface area contributed by atoms with Crippen LogP contribution in [0.2, 0.25) is 0 Å². The smallest absolute Gasteiger partial charge is 0.143 e. The molecule has 52 valence electrons. The molecule has 10 heavy (non-hydrogen) atoms. The van der Waals surface area contributed by atoms with Gasteiger partial charge in [0.25, 0.3) is 0 Å². The highest BCUT2D eigenvalue weighted by atomic mass is 32.2. The Morgan fingerprint density at radius 2 is 2.60 bits per heavy atom. The predicted octanol–water partition coefficient (Wildman–Crippen LogP) is 0.994. The summed E-state index contributed by atoms with van der Waals surface area (Å²) < 4.78 is 0. The topological polar surface area (TPSA) is 37.8 Å². The zero-order valence-corrected chi connectivity index (χ0v) is 6.19. The molecule has 2 heterocycles. The quantitative estimate of drug-likeness (QED) is 0.603. The van der Waals surface area contributed by atoms with Crippen molar-refractivity contribution in [3.63, 3.8) is 0 Å². The van der Waals surface area contributed by atoms with Crippen LogP contribution < -0.4 is 5.32 Å². The fourth-order valence-corrected chi connectivity index (χ4v) is 1.71. The lowest BCUT2D eigenvalue weighted by atomic mass is 10.5. The molecule has 4 heteroatoms. The van der Waals surface area contributed by atoms with E-state index in [1.54, 1.807) is 18.1 Å². The zero-order chi connectivity index (χ0) is 6.81. The second-order valence-corrected chi connectivity index (χ2v) is 3.15. The second kappa shape index (κ2) is 2.46. The van der Waals surface area contributed by atoms with Crippen LogP contribution in [0.1, 0.15) is 0 Å². The Labute approximate surface area is 63.3 Å². The lowest BCUT2D eigenvalue weighted by molar-refractivity contribution is 1.04. The van der Waals surface area contributed by atoms with Gasteiger partial charge < -0.3 is 5.32 Å². The number of fused-ring (bicyclic) bond motifs is 1. The number of hydrogen-bond acceptors (Lipinski definition) is 4. The maximum atomic E-state index is 4.08. The third kappa shape index (κ3) is 0.945. The van der Waals surface area contributed by atoms with Crippen molar-refractivity contribution in [2.75, 3.05) is 17.6 Å². The molecule has 1 aromatic heterocycles. The number of hydrogen-bond donors (Lipinski definition) is 1. The standard InChI is InChI=1S/C6H7N3S/c1-2-10-5-3-7-4-9-6(5)8-1/h3-4H,1-2H2,(H,7,8,9). The van der Waals surface area contributed by atoms with Crippen molar-refractivity contribution in [1.29, 1.82) is 0 Å². The van der Waals surface area contributed by atoms with Crippen LogP contribution in [-0.4, -0.2) is 22.3 Å². The Morgan fingerprint density at radius 3 is 3.50 bits per heavy atom. The maximum absolute atomic E-state index is 4.08. The molecule has 3 nitrogen and oxygen atoms in total. The van der Waals surface area contributed by atoms with Crippen LogP contribution in [0, 0.1) is 0 Å². The van der Waals surface area contributed by atoms with Crippen molar-refractivity contribution in [3.8, 4) is 0 Å². The molecule has 2 rings (SSSR count). The van der Waals surface area contributed by atoms with Crippen LogP contribution >= 0.6 is 11.8 Å². The summed E-state index contributed by atoms with van der Waals surface area (Å²) in [5, 5.41) is 3.19. The van der Waals surface area contributed by atoms with E-state index in [0.29, 0.717) is 0 Å². The van der Waals surface area contributed by atoms with E-state index >= 15 is 0 Å². The fraction of sp³-hybridized carbons (Fsp3) is 0.333. The molecular formula is C6H7N3S. The summed E-state index contributed by atoms with van der Waals surface area (Å²) in [5.74, 6) is 2.09. The summed E-state index contributed by atoms with van der Waals surface area (Å²) in [5.41, 5.74) is 0. The average Bonchev–Trinajstić information content (AvgIpc) is 2.05. The SMILES string of the molecule is c1ncc2c(n1)NCCS2. The Hall–Kier alpha value is -0.770. The van der Waals surface area contributed by atoms with Gasteiger partial charge in [0.1, 0.15) is 12.1 Å². The molecule has 0 saturated carbocycles. The van der Waals surface area contributed by atoms with E-state index in [1.165, 1.54) is 0 Å². The molecule has 0 bridgehead atoms. The molecule has 0 radical (unpaired) electrons. The second-order valence-electron chi connectivity index (χ2n) is 2.01. The third-order valence-electron chi connectivity index (χ3n) is 1.33. The van der Waals surface area contributed by atoms with Crippen LogP contribution in [0.5, 0.6) is 0 Å². The van der Waals surface area contributed by atoms with E-state index in [9.17, 15) is 0 Å². The molecular weight excluding hydrogens is 146 g/mol. The Bertz CT molecular complexity index is 213. The van der Waals surface area contributed by atoms with E-state index in [2.05, 4.69) is 15.3 Å². The first-order chi connectivity index (χ1) is 4.97. The number of nitrogens with zero attached hydrogens (tertiary/aromatic N) is 2. The first kappa shape index (κ1) is 5.97. The Balaban J connectivity index is 2.41. The molecule has 1 aromatic rings. The summed E-state index contributed by atoms with van der Waals surface area (Å²) in [7, 11) is 0. The van der Waals surface area contributed by atoms with Crippen molar-refractivity contribution < 1.29 is 0 Å². The van der Waals surface area contributed by atoms with Gasteiger partial charge in [-0.1, -0.05) is 0 Å². The highest BCUT2D eigenvalue weighted by molar-refractivity contribution is 7.99. The Morgan fingerprint density at radius 1 is 1.60 bits per heavy atom. The zero-order valence-electron chi connectivity index (χ0n) is 5.37. The summed E-state index contributed by atoms with van der Waals surface area (Å²) in [6.45, 7) is 1.01. The van der Waals surface area contributed by atoms with Gasteiger partial charge in [-0.15, -0.1) is 11.8 Å². The van der Waals surface area contributed by atoms with Gasteiger partial charge in [-0.3, -0.25) is 0 Å². The molecule has 0 fully saturated rings.